The summed E-state index contributed by atoms with van der Waals surface area (Å²) in [5.41, 5.74) is 4.56. The second-order valence-corrected chi connectivity index (χ2v) is 6.74. The van der Waals surface area contributed by atoms with Crippen molar-refractivity contribution in [2.24, 2.45) is 0 Å². The molecule has 2 aromatic heterocycles. The SMILES string of the molecule is C=Cc1ccc2c(c1)OCCc1c(-c3noc(-c4ccccc4)c3CF)noc1-2. The number of benzene rings is 2. The Bertz CT molecular complexity index is 1190. The second-order valence-electron chi connectivity index (χ2n) is 6.74. The van der Waals surface area contributed by atoms with Gasteiger partial charge in [0.05, 0.1) is 17.7 Å². The summed E-state index contributed by atoms with van der Waals surface area (Å²) in [5, 5.41) is 8.36. The Balaban J connectivity index is 1.64. The van der Waals surface area contributed by atoms with Crippen molar-refractivity contribution in [2.45, 2.75) is 13.1 Å². The van der Waals surface area contributed by atoms with Gasteiger partial charge in [0, 0.05) is 17.5 Å². The molecule has 0 unspecified atom stereocenters. The average molecular weight is 388 g/mol. The fraction of sp³-hybridized carbons (Fsp3) is 0.130. The molecule has 1 aliphatic rings. The molecule has 0 saturated carbocycles. The molecule has 0 N–H and O–H groups in total. The number of ether oxygens (including phenoxy) is 1. The fourth-order valence-corrected chi connectivity index (χ4v) is 3.61. The molecule has 2 aromatic carbocycles. The van der Waals surface area contributed by atoms with E-state index < -0.39 is 6.67 Å². The zero-order valence-corrected chi connectivity index (χ0v) is 15.5. The molecular weight excluding hydrogens is 371 g/mol. The first-order valence-electron chi connectivity index (χ1n) is 9.28. The van der Waals surface area contributed by atoms with Gasteiger partial charge >= 0.3 is 0 Å². The highest BCUT2D eigenvalue weighted by atomic mass is 19.1. The number of halogens is 1. The predicted octanol–water partition coefficient (Wildman–Crippen LogP) is 5.71. The van der Waals surface area contributed by atoms with E-state index in [4.69, 9.17) is 13.8 Å². The van der Waals surface area contributed by atoms with Gasteiger partial charge in [0.1, 0.15) is 23.8 Å². The first kappa shape index (κ1) is 17.4. The summed E-state index contributed by atoms with van der Waals surface area (Å²) in [7, 11) is 0. The Labute approximate surface area is 166 Å². The van der Waals surface area contributed by atoms with Gasteiger partial charge in [0.2, 0.25) is 0 Å². The third kappa shape index (κ3) is 2.84. The van der Waals surface area contributed by atoms with Crippen LogP contribution in [0.3, 0.4) is 0 Å². The van der Waals surface area contributed by atoms with Gasteiger partial charge < -0.3 is 13.8 Å². The minimum absolute atomic E-state index is 0.361. The van der Waals surface area contributed by atoms with Crippen molar-refractivity contribution in [1.29, 1.82) is 0 Å². The van der Waals surface area contributed by atoms with Gasteiger partial charge in [-0.1, -0.05) is 59.4 Å². The molecule has 5 nitrogen and oxygen atoms in total. The topological polar surface area (TPSA) is 61.3 Å². The van der Waals surface area contributed by atoms with Crippen LogP contribution in [0.5, 0.6) is 5.75 Å². The number of hydrogen-bond acceptors (Lipinski definition) is 5. The Morgan fingerprint density at radius 1 is 1.00 bits per heavy atom. The molecule has 0 bridgehead atoms. The fourth-order valence-electron chi connectivity index (χ4n) is 3.61. The van der Waals surface area contributed by atoms with Crippen LogP contribution in [-0.2, 0) is 13.1 Å². The summed E-state index contributed by atoms with van der Waals surface area (Å²) in [4.78, 5) is 0. The monoisotopic (exact) mass is 388 g/mol. The first-order valence-corrected chi connectivity index (χ1v) is 9.28. The molecule has 3 heterocycles. The summed E-state index contributed by atoms with van der Waals surface area (Å²) in [6.45, 7) is 3.52. The van der Waals surface area contributed by atoms with E-state index in [2.05, 4.69) is 16.9 Å². The molecule has 0 spiro atoms. The smallest absolute Gasteiger partial charge is 0.174 e. The van der Waals surface area contributed by atoms with Crippen LogP contribution in [0.15, 0.2) is 64.2 Å². The molecular formula is C23H17FN2O3. The Hall–Kier alpha value is -3.67. The van der Waals surface area contributed by atoms with Crippen molar-refractivity contribution >= 4 is 6.08 Å². The van der Waals surface area contributed by atoms with E-state index in [1.54, 1.807) is 6.08 Å². The number of fused-ring (bicyclic) bond motifs is 3. The van der Waals surface area contributed by atoms with Crippen LogP contribution in [0.25, 0.3) is 40.1 Å². The Morgan fingerprint density at radius 3 is 2.59 bits per heavy atom. The number of rotatable bonds is 4. The zero-order chi connectivity index (χ0) is 19.8. The molecule has 0 amide bonds. The van der Waals surface area contributed by atoms with Gasteiger partial charge in [0.15, 0.2) is 11.5 Å². The van der Waals surface area contributed by atoms with Gasteiger partial charge in [-0.2, -0.15) is 0 Å². The van der Waals surface area contributed by atoms with Crippen molar-refractivity contribution in [1.82, 2.24) is 10.3 Å². The van der Waals surface area contributed by atoms with Crippen molar-refractivity contribution < 1.29 is 18.2 Å². The van der Waals surface area contributed by atoms with Crippen LogP contribution in [0.2, 0.25) is 0 Å². The quantitative estimate of drug-likeness (QED) is 0.448. The maximum absolute atomic E-state index is 14.0. The maximum atomic E-state index is 14.0. The Morgan fingerprint density at radius 2 is 1.79 bits per heavy atom. The van der Waals surface area contributed by atoms with Crippen LogP contribution in [0.1, 0.15) is 16.7 Å². The normalized spacial score (nSPS) is 12.6. The molecule has 0 aliphatic carbocycles. The number of hydrogen-bond donors (Lipinski definition) is 0. The van der Waals surface area contributed by atoms with Crippen LogP contribution in [0, 0.1) is 0 Å². The molecule has 0 fully saturated rings. The van der Waals surface area contributed by atoms with E-state index in [0.29, 0.717) is 47.2 Å². The number of aromatic nitrogens is 2. The number of alkyl halides is 1. The lowest BCUT2D eigenvalue weighted by atomic mass is 9.99. The summed E-state index contributed by atoms with van der Waals surface area (Å²) < 4.78 is 31.1. The third-order valence-electron chi connectivity index (χ3n) is 5.07. The molecule has 29 heavy (non-hydrogen) atoms. The van der Waals surface area contributed by atoms with Gasteiger partial charge in [-0.05, 0) is 17.7 Å². The molecule has 0 atom stereocenters. The van der Waals surface area contributed by atoms with Crippen LogP contribution in [-0.4, -0.2) is 16.9 Å². The highest BCUT2D eigenvalue weighted by Gasteiger charge is 2.29. The third-order valence-corrected chi connectivity index (χ3v) is 5.07. The molecule has 144 valence electrons. The minimum Gasteiger partial charge on any atom is -0.492 e. The van der Waals surface area contributed by atoms with Crippen molar-refractivity contribution in [3.8, 4) is 39.8 Å². The van der Waals surface area contributed by atoms with Crippen molar-refractivity contribution in [2.75, 3.05) is 6.61 Å². The average Bonchev–Trinajstić information content (AvgIpc) is 3.33. The van der Waals surface area contributed by atoms with E-state index in [0.717, 1.165) is 22.3 Å². The summed E-state index contributed by atoms with van der Waals surface area (Å²) >= 11 is 0. The molecule has 4 aromatic rings. The maximum Gasteiger partial charge on any atom is 0.174 e. The Kier molecular flexibility index (Phi) is 4.24. The van der Waals surface area contributed by atoms with E-state index in [-0.39, 0.29) is 0 Å². The first-order chi connectivity index (χ1) is 14.3. The summed E-state index contributed by atoms with van der Waals surface area (Å²) in [5.74, 6) is 1.72. The highest BCUT2D eigenvalue weighted by Crippen LogP contribution is 2.42. The van der Waals surface area contributed by atoms with E-state index in [9.17, 15) is 4.39 Å². The van der Waals surface area contributed by atoms with E-state index >= 15 is 0 Å². The van der Waals surface area contributed by atoms with Crippen LogP contribution in [0.4, 0.5) is 4.39 Å². The second kappa shape index (κ2) is 7.05. The minimum atomic E-state index is -0.722. The van der Waals surface area contributed by atoms with Gasteiger partial charge in [-0.3, -0.25) is 0 Å². The van der Waals surface area contributed by atoms with Crippen molar-refractivity contribution in [3.05, 3.63) is 71.8 Å². The van der Waals surface area contributed by atoms with Gasteiger partial charge in [-0.15, -0.1) is 0 Å². The molecule has 6 heteroatoms. The van der Waals surface area contributed by atoms with Gasteiger partial charge in [0.25, 0.3) is 0 Å². The van der Waals surface area contributed by atoms with Gasteiger partial charge in [-0.25, -0.2) is 4.39 Å². The van der Waals surface area contributed by atoms with Crippen molar-refractivity contribution in [3.63, 3.8) is 0 Å². The number of nitrogens with zero attached hydrogens (tertiary/aromatic N) is 2. The molecule has 0 saturated heterocycles. The van der Waals surface area contributed by atoms with Crippen LogP contribution >= 0.6 is 0 Å². The standard InChI is InChI=1S/C23H17FN2O3/c1-2-14-8-9-16-19(12-14)27-11-10-17-20(25-29-23(16)17)21-18(13-24)22(28-26-21)15-6-4-3-5-7-15/h2-9,12H,1,10-11,13H2. The zero-order valence-electron chi connectivity index (χ0n) is 15.5. The molecule has 0 radical (unpaired) electrons. The van der Waals surface area contributed by atoms with E-state index in [1.807, 2.05) is 48.5 Å². The largest absolute Gasteiger partial charge is 0.492 e. The summed E-state index contributed by atoms with van der Waals surface area (Å²) in [6.07, 6.45) is 2.32. The van der Waals surface area contributed by atoms with E-state index in [1.165, 1.54) is 0 Å². The lowest BCUT2D eigenvalue weighted by Crippen LogP contribution is -2.00. The highest BCUT2D eigenvalue weighted by molar-refractivity contribution is 5.79. The predicted molar refractivity (Wildman–Crippen MR) is 107 cm³/mol. The summed E-state index contributed by atoms with van der Waals surface area (Å²) in [6, 6.07) is 15.1. The lowest BCUT2D eigenvalue weighted by molar-refractivity contribution is 0.326. The lowest BCUT2D eigenvalue weighted by Gasteiger charge is -2.06. The molecule has 1 aliphatic heterocycles. The van der Waals surface area contributed by atoms with Crippen LogP contribution < -0.4 is 4.74 Å². The molecule has 5 rings (SSSR count).